The fourth-order valence-corrected chi connectivity index (χ4v) is 6.20. The van der Waals surface area contributed by atoms with Gasteiger partial charge in [-0.25, -0.2) is 13.4 Å². The van der Waals surface area contributed by atoms with Gasteiger partial charge in [0.25, 0.3) is 5.91 Å². The van der Waals surface area contributed by atoms with Crippen molar-refractivity contribution in [3.8, 4) is 0 Å². The molecule has 1 aliphatic heterocycles. The molecular weight excluding hydrogens is 476 g/mol. The summed E-state index contributed by atoms with van der Waals surface area (Å²) >= 11 is 0. The molecule has 0 radical (unpaired) electrons. The van der Waals surface area contributed by atoms with Gasteiger partial charge in [-0.1, -0.05) is 12.1 Å². The van der Waals surface area contributed by atoms with Gasteiger partial charge < -0.3 is 9.80 Å². The molecule has 0 saturated carbocycles. The molecule has 1 aromatic carbocycles. The standard InChI is InChI=1S/C26H34N6O3S/c1-17-10-9-13-20(29-36(4,34)35)24(17)26(33)31-15-8-7-14-22(31)21-16-23-27-19-12-6-5-11-18(19)25(30(2)3)32(23)28-21/h9-10,13,16,22,29H,5-8,11-12,14-15H2,1-4H3. The van der Waals surface area contributed by atoms with Crippen LogP contribution in [0.4, 0.5) is 11.5 Å². The third-order valence-electron chi connectivity index (χ3n) is 7.18. The molecule has 2 aliphatic rings. The molecule has 10 heteroatoms. The van der Waals surface area contributed by atoms with Crippen LogP contribution < -0.4 is 9.62 Å². The van der Waals surface area contributed by atoms with E-state index >= 15 is 0 Å². The van der Waals surface area contributed by atoms with E-state index in [0.29, 0.717) is 17.8 Å². The Bertz CT molecular complexity index is 1430. The highest BCUT2D eigenvalue weighted by atomic mass is 32.2. The first-order valence-corrected chi connectivity index (χ1v) is 14.5. The highest BCUT2D eigenvalue weighted by Gasteiger charge is 2.33. The predicted molar refractivity (Wildman–Crippen MR) is 141 cm³/mol. The minimum atomic E-state index is -3.53. The number of nitrogens with one attached hydrogen (secondary N) is 1. The maximum Gasteiger partial charge on any atom is 0.256 e. The number of hydrogen-bond acceptors (Lipinski definition) is 6. The lowest BCUT2D eigenvalue weighted by molar-refractivity contribution is 0.0606. The van der Waals surface area contributed by atoms with Crippen molar-refractivity contribution >= 4 is 33.1 Å². The van der Waals surface area contributed by atoms with Gasteiger partial charge >= 0.3 is 0 Å². The monoisotopic (exact) mass is 510 g/mol. The Morgan fingerprint density at radius 2 is 1.92 bits per heavy atom. The second-order valence-corrected chi connectivity index (χ2v) is 11.9. The number of aryl methyl sites for hydroxylation is 2. The molecule has 0 bridgehead atoms. The van der Waals surface area contributed by atoms with Crippen LogP contribution in [0.3, 0.4) is 0 Å². The summed E-state index contributed by atoms with van der Waals surface area (Å²) in [6.07, 6.45) is 8.06. The number of carbonyl (C=O) groups excluding carboxylic acids is 1. The van der Waals surface area contributed by atoms with Gasteiger partial charge in [0.05, 0.1) is 29.2 Å². The molecule has 1 atom stereocenters. The van der Waals surface area contributed by atoms with Crippen molar-refractivity contribution in [1.82, 2.24) is 19.5 Å². The van der Waals surface area contributed by atoms with Crippen LogP contribution in [0.1, 0.15) is 71.0 Å². The van der Waals surface area contributed by atoms with E-state index < -0.39 is 10.0 Å². The molecule has 1 fully saturated rings. The van der Waals surface area contributed by atoms with E-state index in [0.717, 1.165) is 79.6 Å². The zero-order valence-electron chi connectivity index (χ0n) is 21.4. The first-order valence-electron chi connectivity index (χ1n) is 12.6. The number of anilines is 2. The van der Waals surface area contributed by atoms with Gasteiger partial charge in [0.15, 0.2) is 5.65 Å². The third-order valence-corrected chi connectivity index (χ3v) is 7.77. The first kappa shape index (κ1) is 24.5. The number of rotatable bonds is 5. The molecule has 2 aromatic heterocycles. The van der Waals surface area contributed by atoms with E-state index in [4.69, 9.17) is 10.1 Å². The average molecular weight is 511 g/mol. The highest BCUT2D eigenvalue weighted by molar-refractivity contribution is 7.92. The minimum absolute atomic E-state index is 0.180. The molecule has 9 nitrogen and oxygen atoms in total. The number of benzene rings is 1. The molecular formula is C26H34N6O3S. The number of carbonyl (C=O) groups is 1. The Labute approximate surface area is 212 Å². The lowest BCUT2D eigenvalue weighted by atomic mass is 9.96. The van der Waals surface area contributed by atoms with E-state index in [9.17, 15) is 13.2 Å². The number of aromatic nitrogens is 3. The quantitative estimate of drug-likeness (QED) is 0.562. The Balaban J connectivity index is 1.57. The third kappa shape index (κ3) is 4.54. The van der Waals surface area contributed by atoms with Crippen LogP contribution in [0.2, 0.25) is 0 Å². The molecule has 1 aliphatic carbocycles. The summed E-state index contributed by atoms with van der Waals surface area (Å²) in [4.78, 5) is 22.9. The van der Waals surface area contributed by atoms with Gasteiger partial charge in [-0.2, -0.15) is 9.61 Å². The lowest BCUT2D eigenvalue weighted by Crippen LogP contribution is -2.39. The van der Waals surface area contributed by atoms with Crippen molar-refractivity contribution < 1.29 is 13.2 Å². The predicted octanol–water partition coefficient (Wildman–Crippen LogP) is 3.72. The Kier molecular flexibility index (Phi) is 6.40. The Hall–Kier alpha value is -3.14. The van der Waals surface area contributed by atoms with Gasteiger partial charge in [0.1, 0.15) is 5.82 Å². The Morgan fingerprint density at radius 3 is 2.67 bits per heavy atom. The molecule has 3 heterocycles. The zero-order valence-corrected chi connectivity index (χ0v) is 22.2. The van der Waals surface area contributed by atoms with Crippen molar-refractivity contribution in [2.24, 2.45) is 0 Å². The van der Waals surface area contributed by atoms with E-state index in [-0.39, 0.29) is 11.9 Å². The number of piperidine rings is 1. The molecule has 1 saturated heterocycles. The van der Waals surface area contributed by atoms with Gasteiger partial charge in [-0.3, -0.25) is 9.52 Å². The maximum absolute atomic E-state index is 13.9. The normalized spacial score (nSPS) is 18.2. The van der Waals surface area contributed by atoms with Gasteiger partial charge in [-0.05, 0) is 63.5 Å². The number of hydrogen-bond donors (Lipinski definition) is 1. The van der Waals surface area contributed by atoms with Crippen LogP contribution in [-0.4, -0.2) is 60.7 Å². The summed E-state index contributed by atoms with van der Waals surface area (Å²) in [6, 6.07) is 7.05. The van der Waals surface area contributed by atoms with Crippen LogP contribution in [0.5, 0.6) is 0 Å². The van der Waals surface area contributed by atoms with E-state index in [1.807, 2.05) is 42.6 Å². The SMILES string of the molecule is Cc1cccc(NS(C)(=O)=O)c1C(=O)N1CCCCC1c1cc2nc3c(c(N(C)C)n2n1)CCCC3. The van der Waals surface area contributed by atoms with E-state index in [1.54, 1.807) is 12.1 Å². The van der Waals surface area contributed by atoms with Crippen LogP contribution >= 0.6 is 0 Å². The first-order chi connectivity index (χ1) is 17.1. The van der Waals surface area contributed by atoms with E-state index in [1.165, 1.54) is 5.56 Å². The topological polar surface area (TPSA) is 99.9 Å². The van der Waals surface area contributed by atoms with Crippen molar-refractivity contribution in [1.29, 1.82) is 0 Å². The largest absolute Gasteiger partial charge is 0.362 e. The lowest BCUT2D eigenvalue weighted by Gasteiger charge is -2.35. The summed E-state index contributed by atoms with van der Waals surface area (Å²) in [7, 11) is 0.541. The summed E-state index contributed by atoms with van der Waals surface area (Å²) < 4.78 is 28.4. The van der Waals surface area contributed by atoms with Crippen molar-refractivity contribution in [3.05, 3.63) is 52.3 Å². The fourth-order valence-electron chi connectivity index (χ4n) is 5.63. The number of nitrogens with zero attached hydrogens (tertiary/aromatic N) is 5. The minimum Gasteiger partial charge on any atom is -0.362 e. The number of likely N-dealkylation sites (tertiary alicyclic amines) is 1. The summed E-state index contributed by atoms with van der Waals surface area (Å²) in [5.41, 5.74) is 5.48. The van der Waals surface area contributed by atoms with E-state index in [2.05, 4.69) is 9.62 Å². The van der Waals surface area contributed by atoms with Crippen LogP contribution in [0.15, 0.2) is 24.3 Å². The molecule has 1 amide bonds. The van der Waals surface area contributed by atoms with Gasteiger partial charge in [-0.15, -0.1) is 0 Å². The van der Waals surface area contributed by atoms with Crippen LogP contribution in [-0.2, 0) is 22.9 Å². The van der Waals surface area contributed by atoms with Gasteiger partial charge in [0, 0.05) is 38.0 Å². The van der Waals surface area contributed by atoms with Crippen molar-refractivity contribution in [2.45, 2.75) is 57.9 Å². The van der Waals surface area contributed by atoms with Crippen LogP contribution in [0, 0.1) is 6.92 Å². The molecule has 1 N–H and O–H groups in total. The summed E-state index contributed by atoms with van der Waals surface area (Å²) in [6.45, 7) is 2.43. The molecule has 0 spiro atoms. The smallest absolute Gasteiger partial charge is 0.256 e. The summed E-state index contributed by atoms with van der Waals surface area (Å²) in [5.74, 6) is 0.884. The second kappa shape index (κ2) is 9.38. The summed E-state index contributed by atoms with van der Waals surface area (Å²) in [5, 5.41) is 5.00. The van der Waals surface area contributed by atoms with Gasteiger partial charge in [0.2, 0.25) is 10.0 Å². The average Bonchev–Trinajstić information content (AvgIpc) is 3.24. The van der Waals surface area contributed by atoms with Crippen molar-refractivity contribution in [3.63, 3.8) is 0 Å². The highest BCUT2D eigenvalue weighted by Crippen LogP contribution is 2.36. The Morgan fingerprint density at radius 1 is 1.14 bits per heavy atom. The molecule has 36 heavy (non-hydrogen) atoms. The number of sulfonamides is 1. The maximum atomic E-state index is 13.9. The molecule has 5 rings (SSSR count). The molecule has 192 valence electrons. The molecule has 1 unspecified atom stereocenters. The second-order valence-electron chi connectivity index (χ2n) is 10.2. The fraction of sp³-hybridized carbons (Fsp3) is 0.500. The zero-order chi connectivity index (χ0) is 25.6. The van der Waals surface area contributed by atoms with Crippen molar-refractivity contribution in [2.75, 3.05) is 36.5 Å². The van der Waals surface area contributed by atoms with Crippen LogP contribution in [0.25, 0.3) is 5.65 Å². The molecule has 3 aromatic rings. The number of fused-ring (bicyclic) bond motifs is 2. The number of amides is 1.